The number of amides is 1. The van der Waals surface area contributed by atoms with E-state index >= 15 is 0 Å². The van der Waals surface area contributed by atoms with Crippen LogP contribution in [-0.2, 0) is 9.59 Å². The third-order valence-electron chi connectivity index (χ3n) is 3.31. The Morgan fingerprint density at radius 3 is 1.95 bits per heavy atom. The first kappa shape index (κ1) is 17.9. The first-order valence-corrected chi connectivity index (χ1v) is 7.11. The minimum Gasteiger partial charge on any atom is -0.480 e. The van der Waals surface area contributed by atoms with E-state index in [-0.39, 0.29) is 12.5 Å². The van der Waals surface area contributed by atoms with Gasteiger partial charge in [0.25, 0.3) is 0 Å². The lowest BCUT2D eigenvalue weighted by Gasteiger charge is -2.37. The molecule has 112 valence electrons. The fraction of sp³-hybridized carbons (Fsp3) is 0.857. The third kappa shape index (κ3) is 6.57. The number of carboxylic acids is 1. The molecule has 0 aliphatic rings. The van der Waals surface area contributed by atoms with Crippen molar-refractivity contribution in [2.75, 3.05) is 19.6 Å². The lowest BCUT2D eigenvalue weighted by atomic mass is 10.00. The summed E-state index contributed by atoms with van der Waals surface area (Å²) in [5.41, 5.74) is -0.667. The Kier molecular flexibility index (Phi) is 8.39. The summed E-state index contributed by atoms with van der Waals surface area (Å²) in [4.78, 5) is 24.8. The van der Waals surface area contributed by atoms with E-state index in [0.29, 0.717) is 0 Å². The van der Waals surface area contributed by atoms with Crippen LogP contribution in [0, 0.1) is 0 Å². The molecular weight excluding hydrogens is 244 g/mol. The standard InChI is InChI=1S/C14H28N2O3/c1-5-7-9-16(10-8-6-2)14(3,4)13(19)15-11-12(17)18/h5-11H2,1-4H3,(H,15,19)(H,17,18). The average molecular weight is 272 g/mol. The molecule has 0 saturated heterocycles. The van der Waals surface area contributed by atoms with Crippen molar-refractivity contribution >= 4 is 11.9 Å². The van der Waals surface area contributed by atoms with Crippen LogP contribution in [0.15, 0.2) is 0 Å². The van der Waals surface area contributed by atoms with Crippen molar-refractivity contribution in [2.45, 2.75) is 58.9 Å². The number of nitrogens with one attached hydrogen (secondary N) is 1. The van der Waals surface area contributed by atoms with E-state index in [9.17, 15) is 9.59 Å². The highest BCUT2D eigenvalue weighted by molar-refractivity contribution is 5.88. The van der Waals surface area contributed by atoms with Gasteiger partial charge in [0.05, 0.1) is 5.54 Å². The van der Waals surface area contributed by atoms with Gasteiger partial charge in [-0.1, -0.05) is 26.7 Å². The van der Waals surface area contributed by atoms with E-state index in [1.165, 1.54) is 0 Å². The summed E-state index contributed by atoms with van der Waals surface area (Å²) < 4.78 is 0. The van der Waals surface area contributed by atoms with Crippen LogP contribution in [-0.4, -0.2) is 47.1 Å². The van der Waals surface area contributed by atoms with Crippen LogP contribution in [0.5, 0.6) is 0 Å². The zero-order valence-corrected chi connectivity index (χ0v) is 12.7. The quantitative estimate of drug-likeness (QED) is 0.637. The maximum atomic E-state index is 12.1. The highest BCUT2D eigenvalue weighted by Gasteiger charge is 2.33. The molecule has 5 heteroatoms. The Morgan fingerprint density at radius 1 is 1.11 bits per heavy atom. The number of carbonyl (C=O) groups is 2. The van der Waals surface area contributed by atoms with Crippen LogP contribution in [0.4, 0.5) is 0 Å². The summed E-state index contributed by atoms with van der Waals surface area (Å²) in [6, 6.07) is 0. The summed E-state index contributed by atoms with van der Waals surface area (Å²) in [5, 5.41) is 11.1. The van der Waals surface area contributed by atoms with Crippen LogP contribution in [0.1, 0.15) is 53.4 Å². The average Bonchev–Trinajstić information content (AvgIpc) is 2.35. The van der Waals surface area contributed by atoms with Gasteiger partial charge in [0.1, 0.15) is 6.54 Å². The van der Waals surface area contributed by atoms with Crippen LogP contribution >= 0.6 is 0 Å². The Hall–Kier alpha value is -1.10. The van der Waals surface area contributed by atoms with Crippen molar-refractivity contribution in [1.29, 1.82) is 0 Å². The number of unbranched alkanes of at least 4 members (excludes halogenated alkanes) is 2. The van der Waals surface area contributed by atoms with Gasteiger partial charge >= 0.3 is 5.97 Å². The molecule has 0 aliphatic heterocycles. The fourth-order valence-electron chi connectivity index (χ4n) is 1.88. The van der Waals surface area contributed by atoms with Gasteiger partial charge in [0.2, 0.25) is 5.91 Å². The molecule has 0 aromatic carbocycles. The van der Waals surface area contributed by atoms with E-state index in [1.807, 2.05) is 13.8 Å². The molecule has 1 amide bonds. The number of carboxylic acid groups (broad SMARTS) is 1. The van der Waals surface area contributed by atoms with Crippen molar-refractivity contribution in [1.82, 2.24) is 10.2 Å². The zero-order chi connectivity index (χ0) is 14.9. The van der Waals surface area contributed by atoms with E-state index in [0.717, 1.165) is 38.8 Å². The number of carbonyl (C=O) groups excluding carboxylic acids is 1. The third-order valence-corrected chi connectivity index (χ3v) is 3.31. The molecule has 0 atom stereocenters. The number of nitrogens with zero attached hydrogens (tertiary/aromatic N) is 1. The number of aliphatic carboxylic acids is 1. The smallest absolute Gasteiger partial charge is 0.322 e. The van der Waals surface area contributed by atoms with Gasteiger partial charge in [-0.3, -0.25) is 14.5 Å². The molecule has 0 spiro atoms. The first-order chi connectivity index (χ1) is 8.86. The second kappa shape index (κ2) is 8.91. The maximum Gasteiger partial charge on any atom is 0.322 e. The highest BCUT2D eigenvalue weighted by atomic mass is 16.4. The molecular formula is C14H28N2O3. The molecule has 0 fully saturated rings. The second-order valence-electron chi connectivity index (χ2n) is 5.33. The molecule has 5 nitrogen and oxygen atoms in total. The van der Waals surface area contributed by atoms with Crippen LogP contribution in [0.3, 0.4) is 0 Å². The summed E-state index contributed by atoms with van der Waals surface area (Å²) in [6.45, 7) is 9.36. The van der Waals surface area contributed by atoms with E-state index in [4.69, 9.17) is 5.11 Å². The minimum atomic E-state index is -1.02. The van der Waals surface area contributed by atoms with E-state index in [1.54, 1.807) is 0 Å². The Balaban J connectivity index is 4.62. The summed E-state index contributed by atoms with van der Waals surface area (Å²) in [5.74, 6) is -1.24. The zero-order valence-electron chi connectivity index (χ0n) is 12.7. The van der Waals surface area contributed by atoms with Gasteiger partial charge < -0.3 is 10.4 Å². The Labute approximate surface area is 116 Å². The monoisotopic (exact) mass is 272 g/mol. The Bertz CT molecular complexity index is 282. The molecule has 0 aromatic rings. The summed E-state index contributed by atoms with van der Waals surface area (Å²) in [7, 11) is 0. The SMILES string of the molecule is CCCCN(CCCC)C(C)(C)C(=O)NCC(=O)O. The molecule has 2 N–H and O–H groups in total. The second-order valence-corrected chi connectivity index (χ2v) is 5.33. The highest BCUT2D eigenvalue weighted by Crippen LogP contribution is 2.16. The largest absolute Gasteiger partial charge is 0.480 e. The molecule has 0 heterocycles. The van der Waals surface area contributed by atoms with E-state index in [2.05, 4.69) is 24.1 Å². The molecule has 0 aromatic heterocycles. The molecule has 19 heavy (non-hydrogen) atoms. The van der Waals surface area contributed by atoms with Crippen molar-refractivity contribution in [3.63, 3.8) is 0 Å². The normalized spacial score (nSPS) is 11.6. The Morgan fingerprint density at radius 2 is 1.58 bits per heavy atom. The maximum absolute atomic E-state index is 12.1. The molecule has 0 unspecified atom stereocenters. The molecule has 0 bridgehead atoms. The van der Waals surface area contributed by atoms with Gasteiger partial charge in [0, 0.05) is 0 Å². The van der Waals surface area contributed by atoms with Gasteiger partial charge in [0.15, 0.2) is 0 Å². The fourth-order valence-corrected chi connectivity index (χ4v) is 1.88. The topological polar surface area (TPSA) is 69.6 Å². The number of hydrogen-bond donors (Lipinski definition) is 2. The molecule has 0 rings (SSSR count). The van der Waals surface area contributed by atoms with Crippen molar-refractivity contribution in [2.24, 2.45) is 0 Å². The van der Waals surface area contributed by atoms with Crippen molar-refractivity contribution < 1.29 is 14.7 Å². The van der Waals surface area contributed by atoms with Gasteiger partial charge in [-0.05, 0) is 39.8 Å². The van der Waals surface area contributed by atoms with Crippen LogP contribution < -0.4 is 5.32 Å². The minimum absolute atomic E-state index is 0.220. The summed E-state index contributed by atoms with van der Waals surface area (Å²) >= 11 is 0. The first-order valence-electron chi connectivity index (χ1n) is 7.11. The van der Waals surface area contributed by atoms with Gasteiger partial charge in [-0.15, -0.1) is 0 Å². The number of hydrogen-bond acceptors (Lipinski definition) is 3. The van der Waals surface area contributed by atoms with Crippen LogP contribution in [0.25, 0.3) is 0 Å². The number of rotatable bonds is 10. The molecule has 0 saturated carbocycles. The predicted molar refractivity (Wildman–Crippen MR) is 76.1 cm³/mol. The van der Waals surface area contributed by atoms with Crippen LogP contribution in [0.2, 0.25) is 0 Å². The van der Waals surface area contributed by atoms with E-state index < -0.39 is 11.5 Å². The van der Waals surface area contributed by atoms with Crippen molar-refractivity contribution in [3.8, 4) is 0 Å². The molecule has 0 aliphatic carbocycles. The van der Waals surface area contributed by atoms with Gasteiger partial charge in [-0.2, -0.15) is 0 Å². The lowest BCUT2D eigenvalue weighted by molar-refractivity contribution is -0.140. The van der Waals surface area contributed by atoms with Crippen molar-refractivity contribution in [3.05, 3.63) is 0 Å². The molecule has 0 radical (unpaired) electrons. The predicted octanol–water partition coefficient (Wildman–Crippen LogP) is 1.87. The van der Waals surface area contributed by atoms with Gasteiger partial charge in [-0.25, -0.2) is 0 Å². The summed E-state index contributed by atoms with van der Waals surface area (Å²) in [6.07, 6.45) is 4.24. The lowest BCUT2D eigenvalue weighted by Crippen LogP contribution is -2.56.